The molecule has 0 fully saturated rings. The van der Waals surface area contributed by atoms with Crippen LogP contribution in [0, 0.1) is 0 Å². The van der Waals surface area contributed by atoms with Crippen molar-refractivity contribution in [3.05, 3.63) is 92.6 Å². The zero-order valence-corrected chi connectivity index (χ0v) is 18.8. The van der Waals surface area contributed by atoms with Gasteiger partial charge >= 0.3 is 5.69 Å². The molecule has 0 spiro atoms. The highest BCUT2D eigenvalue weighted by Gasteiger charge is 2.23. The van der Waals surface area contributed by atoms with Crippen LogP contribution in [0.15, 0.2) is 70.3 Å². The molecule has 0 radical (unpaired) electrons. The van der Waals surface area contributed by atoms with E-state index >= 15 is 0 Å². The molecule has 8 nitrogen and oxygen atoms in total. The Morgan fingerprint density at radius 3 is 2.61 bits per heavy atom. The largest absolute Gasteiger partial charge is 0.497 e. The number of nitrogen functional groups attached to an aromatic ring is 1. The van der Waals surface area contributed by atoms with Gasteiger partial charge in [0.05, 0.1) is 13.7 Å². The Morgan fingerprint density at radius 1 is 1.15 bits per heavy atom. The minimum Gasteiger partial charge on any atom is -0.497 e. The minimum absolute atomic E-state index is 0.0312. The SMILES string of the molecule is CCCCn1c(N)c(N(Cc2ccccc2)C(=O)/C=C/c2cccc(OC)c2)c(=O)[nH]c1=O. The summed E-state index contributed by atoms with van der Waals surface area (Å²) in [7, 11) is 1.57. The Labute approximate surface area is 191 Å². The molecule has 1 aromatic heterocycles. The summed E-state index contributed by atoms with van der Waals surface area (Å²) in [5.74, 6) is 0.185. The van der Waals surface area contributed by atoms with Gasteiger partial charge in [-0.15, -0.1) is 0 Å². The fourth-order valence-electron chi connectivity index (χ4n) is 3.41. The average Bonchev–Trinajstić information content (AvgIpc) is 2.82. The second-order valence-corrected chi connectivity index (χ2v) is 7.52. The number of nitrogens with zero attached hydrogens (tertiary/aromatic N) is 2. The summed E-state index contributed by atoms with van der Waals surface area (Å²) < 4.78 is 6.52. The van der Waals surface area contributed by atoms with Gasteiger partial charge in [0.15, 0.2) is 5.69 Å². The summed E-state index contributed by atoms with van der Waals surface area (Å²) in [4.78, 5) is 42.0. The van der Waals surface area contributed by atoms with E-state index in [1.165, 1.54) is 15.5 Å². The zero-order valence-electron chi connectivity index (χ0n) is 18.8. The lowest BCUT2D eigenvalue weighted by molar-refractivity contribution is -0.114. The van der Waals surface area contributed by atoms with Gasteiger partial charge < -0.3 is 10.5 Å². The number of carbonyl (C=O) groups excluding carboxylic acids is 1. The predicted octanol–water partition coefficient (Wildman–Crippen LogP) is 3.17. The molecule has 0 aliphatic rings. The molecular formula is C25H28N4O4. The molecule has 0 bridgehead atoms. The second kappa shape index (κ2) is 11.0. The summed E-state index contributed by atoms with van der Waals surface area (Å²) in [5, 5.41) is 0. The van der Waals surface area contributed by atoms with Crippen molar-refractivity contribution >= 4 is 23.5 Å². The highest BCUT2D eigenvalue weighted by molar-refractivity contribution is 6.05. The molecule has 1 amide bonds. The van der Waals surface area contributed by atoms with E-state index in [1.807, 2.05) is 49.4 Å². The topological polar surface area (TPSA) is 110 Å². The number of H-pyrrole nitrogens is 1. The van der Waals surface area contributed by atoms with Crippen molar-refractivity contribution in [2.24, 2.45) is 0 Å². The molecule has 3 aromatic rings. The number of rotatable bonds is 9. The van der Waals surface area contributed by atoms with Crippen LogP contribution < -0.4 is 26.6 Å². The lowest BCUT2D eigenvalue weighted by atomic mass is 10.1. The maximum Gasteiger partial charge on any atom is 0.330 e. The quantitative estimate of drug-likeness (QED) is 0.489. The van der Waals surface area contributed by atoms with Gasteiger partial charge in [0.1, 0.15) is 11.6 Å². The van der Waals surface area contributed by atoms with Gasteiger partial charge in [0.2, 0.25) is 0 Å². The van der Waals surface area contributed by atoms with E-state index < -0.39 is 17.2 Å². The van der Waals surface area contributed by atoms with Gasteiger partial charge in [-0.05, 0) is 35.8 Å². The number of carbonyl (C=O) groups is 1. The number of anilines is 2. The van der Waals surface area contributed by atoms with Crippen molar-refractivity contribution in [2.75, 3.05) is 17.7 Å². The molecule has 0 saturated heterocycles. The third-order valence-electron chi connectivity index (χ3n) is 5.18. The van der Waals surface area contributed by atoms with Gasteiger partial charge in [-0.25, -0.2) is 4.79 Å². The van der Waals surface area contributed by atoms with Crippen LogP contribution in [0.5, 0.6) is 5.75 Å². The van der Waals surface area contributed by atoms with Crippen molar-refractivity contribution in [2.45, 2.75) is 32.9 Å². The second-order valence-electron chi connectivity index (χ2n) is 7.52. The molecule has 2 aromatic carbocycles. The Balaban J connectivity index is 2.05. The van der Waals surface area contributed by atoms with Crippen molar-refractivity contribution in [1.82, 2.24) is 9.55 Å². The summed E-state index contributed by atoms with van der Waals surface area (Å²) in [6, 6.07) is 16.5. The first-order chi connectivity index (χ1) is 15.9. The number of hydrogen-bond donors (Lipinski definition) is 2. The molecule has 0 unspecified atom stereocenters. The van der Waals surface area contributed by atoms with E-state index in [9.17, 15) is 14.4 Å². The fourth-order valence-corrected chi connectivity index (χ4v) is 3.41. The number of nitrogens with one attached hydrogen (secondary N) is 1. The normalized spacial score (nSPS) is 11.0. The van der Waals surface area contributed by atoms with E-state index in [-0.39, 0.29) is 18.1 Å². The lowest BCUT2D eigenvalue weighted by Gasteiger charge is -2.23. The molecule has 0 aliphatic carbocycles. The minimum atomic E-state index is -0.704. The van der Waals surface area contributed by atoms with Crippen LogP contribution >= 0.6 is 0 Å². The number of ether oxygens (including phenoxy) is 1. The highest BCUT2D eigenvalue weighted by Crippen LogP contribution is 2.21. The standard InChI is InChI=1S/C25H28N4O4/c1-3-4-15-28-23(26)22(24(31)27-25(28)32)29(17-19-9-6-5-7-10-19)21(30)14-13-18-11-8-12-20(16-18)33-2/h5-14,16H,3-4,15,17,26H2,1-2H3,(H,27,31,32)/b14-13+. The van der Waals surface area contributed by atoms with E-state index in [1.54, 1.807) is 25.3 Å². The van der Waals surface area contributed by atoms with Crippen LogP contribution in [-0.2, 0) is 17.9 Å². The Hall–Kier alpha value is -4.07. The van der Waals surface area contributed by atoms with Crippen molar-refractivity contribution in [3.8, 4) is 5.75 Å². The molecular weight excluding hydrogens is 420 g/mol. The number of aromatic nitrogens is 2. The molecule has 1 heterocycles. The first-order valence-electron chi connectivity index (χ1n) is 10.7. The number of aromatic amines is 1. The van der Waals surface area contributed by atoms with E-state index in [0.717, 1.165) is 17.5 Å². The zero-order chi connectivity index (χ0) is 23.8. The lowest BCUT2D eigenvalue weighted by Crippen LogP contribution is -2.40. The third kappa shape index (κ3) is 5.79. The molecule has 0 aliphatic heterocycles. The first-order valence-corrected chi connectivity index (χ1v) is 10.7. The fraction of sp³-hybridized carbons (Fsp3) is 0.240. The maximum absolute atomic E-state index is 13.3. The number of methoxy groups -OCH3 is 1. The van der Waals surface area contributed by atoms with Crippen molar-refractivity contribution in [1.29, 1.82) is 0 Å². The van der Waals surface area contributed by atoms with Crippen molar-refractivity contribution in [3.63, 3.8) is 0 Å². The highest BCUT2D eigenvalue weighted by atomic mass is 16.5. The first kappa shape index (κ1) is 23.6. The van der Waals surface area contributed by atoms with Crippen LogP contribution in [0.25, 0.3) is 6.08 Å². The number of nitrogens with two attached hydrogens (primary N) is 1. The Morgan fingerprint density at radius 2 is 1.91 bits per heavy atom. The summed E-state index contributed by atoms with van der Waals surface area (Å²) in [5.41, 5.74) is 6.50. The van der Waals surface area contributed by atoms with Gasteiger partial charge in [-0.2, -0.15) is 0 Å². The smallest absolute Gasteiger partial charge is 0.330 e. The van der Waals surface area contributed by atoms with E-state index in [4.69, 9.17) is 10.5 Å². The number of benzene rings is 2. The molecule has 172 valence electrons. The number of amides is 1. The monoisotopic (exact) mass is 448 g/mol. The third-order valence-corrected chi connectivity index (χ3v) is 5.18. The average molecular weight is 449 g/mol. The summed E-state index contributed by atoms with van der Waals surface area (Å²) >= 11 is 0. The molecule has 0 saturated carbocycles. The van der Waals surface area contributed by atoms with Crippen LogP contribution in [0.2, 0.25) is 0 Å². The Bertz CT molecular complexity index is 1250. The van der Waals surface area contributed by atoms with Crippen molar-refractivity contribution < 1.29 is 9.53 Å². The molecule has 8 heteroatoms. The molecule has 3 N–H and O–H groups in total. The van der Waals surface area contributed by atoms with Gasteiger partial charge in [-0.1, -0.05) is 55.8 Å². The number of hydrogen-bond acceptors (Lipinski definition) is 5. The van der Waals surface area contributed by atoms with Gasteiger partial charge in [0.25, 0.3) is 11.5 Å². The molecule has 33 heavy (non-hydrogen) atoms. The Kier molecular flexibility index (Phi) is 7.86. The predicted molar refractivity (Wildman–Crippen MR) is 130 cm³/mol. The van der Waals surface area contributed by atoms with Crippen LogP contribution in [0.3, 0.4) is 0 Å². The van der Waals surface area contributed by atoms with E-state index in [2.05, 4.69) is 4.98 Å². The maximum atomic E-state index is 13.3. The van der Waals surface area contributed by atoms with Crippen LogP contribution in [0.1, 0.15) is 30.9 Å². The van der Waals surface area contributed by atoms with Crippen LogP contribution in [-0.4, -0.2) is 22.6 Å². The van der Waals surface area contributed by atoms with Gasteiger partial charge in [0, 0.05) is 12.6 Å². The van der Waals surface area contributed by atoms with Crippen LogP contribution in [0.4, 0.5) is 11.5 Å². The summed E-state index contributed by atoms with van der Waals surface area (Å²) in [6.45, 7) is 2.45. The van der Waals surface area contributed by atoms with E-state index in [0.29, 0.717) is 18.7 Å². The van der Waals surface area contributed by atoms with Gasteiger partial charge in [-0.3, -0.25) is 24.0 Å². The molecule has 3 rings (SSSR count). The number of unbranched alkanes of at least 4 members (excludes halogenated alkanes) is 1. The molecule has 0 atom stereocenters. The summed E-state index contributed by atoms with van der Waals surface area (Å²) in [6.07, 6.45) is 4.56.